The fourth-order valence-electron chi connectivity index (χ4n) is 3.55. The van der Waals surface area contributed by atoms with Gasteiger partial charge in [0.15, 0.2) is 14.9 Å². The summed E-state index contributed by atoms with van der Waals surface area (Å²) in [6.45, 7) is 0.342. The lowest BCUT2D eigenvalue weighted by atomic mass is 10.0. The van der Waals surface area contributed by atoms with Crippen molar-refractivity contribution in [3.05, 3.63) is 54.2 Å². The minimum absolute atomic E-state index is 0.0616. The maximum Gasteiger partial charge on any atom is 0.433 e. The number of nitrogens with two attached hydrogens (primary N) is 1. The van der Waals surface area contributed by atoms with Gasteiger partial charge in [-0.1, -0.05) is 6.07 Å². The molecule has 0 radical (unpaired) electrons. The molecule has 0 saturated carbocycles. The second kappa shape index (κ2) is 8.67. The number of rotatable bonds is 4. The van der Waals surface area contributed by atoms with Gasteiger partial charge in [0.1, 0.15) is 17.3 Å². The lowest BCUT2D eigenvalue weighted by Gasteiger charge is -2.23. The van der Waals surface area contributed by atoms with Gasteiger partial charge in [-0.15, -0.1) is 0 Å². The van der Waals surface area contributed by atoms with Crippen LogP contribution >= 0.6 is 0 Å². The van der Waals surface area contributed by atoms with Crippen LogP contribution in [0.2, 0.25) is 0 Å². The summed E-state index contributed by atoms with van der Waals surface area (Å²) in [4.78, 5) is 11.3. The highest BCUT2D eigenvalue weighted by atomic mass is 32.2. The third kappa shape index (κ3) is 4.67. The van der Waals surface area contributed by atoms with Crippen LogP contribution in [0.25, 0.3) is 22.4 Å². The van der Waals surface area contributed by atoms with E-state index in [4.69, 9.17) is 10.5 Å². The van der Waals surface area contributed by atoms with Gasteiger partial charge in [0.05, 0.1) is 23.3 Å². The van der Waals surface area contributed by atoms with Crippen LogP contribution in [0.4, 0.5) is 23.4 Å². The molecule has 7 nitrogen and oxygen atoms in total. The first-order chi connectivity index (χ1) is 15.6. The molecule has 0 spiro atoms. The number of pyridine rings is 1. The number of ether oxygens (including phenoxy) is 1. The summed E-state index contributed by atoms with van der Waals surface area (Å²) in [5.74, 6) is -0.615. The van der Waals surface area contributed by atoms with Crippen molar-refractivity contribution in [2.45, 2.75) is 29.3 Å². The summed E-state index contributed by atoms with van der Waals surface area (Å²) in [5, 5.41) is -1.68. The zero-order chi connectivity index (χ0) is 23.8. The monoisotopic (exact) mass is 482 g/mol. The number of aromatic nitrogens is 3. The van der Waals surface area contributed by atoms with Crippen molar-refractivity contribution in [3.63, 3.8) is 0 Å². The summed E-state index contributed by atoms with van der Waals surface area (Å²) >= 11 is 0. The highest BCUT2D eigenvalue weighted by Gasteiger charge is 2.38. The first-order valence-electron chi connectivity index (χ1n) is 9.85. The summed E-state index contributed by atoms with van der Waals surface area (Å²) in [5.41, 5.74) is 4.34. The molecule has 2 N–H and O–H groups in total. The zero-order valence-electron chi connectivity index (χ0n) is 17.0. The first kappa shape index (κ1) is 23.1. The predicted octanol–water partition coefficient (Wildman–Crippen LogP) is 3.90. The molecule has 0 aliphatic carbocycles. The lowest BCUT2D eigenvalue weighted by molar-refractivity contribution is -0.141. The summed E-state index contributed by atoms with van der Waals surface area (Å²) in [6.07, 6.45) is -2.07. The van der Waals surface area contributed by atoms with Gasteiger partial charge >= 0.3 is 6.18 Å². The summed E-state index contributed by atoms with van der Waals surface area (Å²) in [7, 11) is -4.25. The average molecular weight is 482 g/mol. The molecule has 0 unspecified atom stereocenters. The summed E-state index contributed by atoms with van der Waals surface area (Å²) < 4.78 is 86.5. The van der Waals surface area contributed by atoms with Crippen LogP contribution in [0.3, 0.4) is 0 Å². The predicted molar refractivity (Wildman–Crippen MR) is 111 cm³/mol. The molecule has 2 aromatic heterocycles. The van der Waals surface area contributed by atoms with Crippen molar-refractivity contribution >= 4 is 15.7 Å². The van der Waals surface area contributed by atoms with Gasteiger partial charge in [0, 0.05) is 24.3 Å². The number of halogens is 4. The van der Waals surface area contributed by atoms with Crippen molar-refractivity contribution in [3.8, 4) is 22.4 Å². The van der Waals surface area contributed by atoms with E-state index in [2.05, 4.69) is 15.0 Å². The van der Waals surface area contributed by atoms with Crippen molar-refractivity contribution in [1.82, 2.24) is 15.0 Å². The number of nitrogen functional groups attached to an aromatic ring is 1. The molecule has 1 saturated heterocycles. The Bertz CT molecular complexity index is 1280. The topological polar surface area (TPSA) is 108 Å². The van der Waals surface area contributed by atoms with Crippen LogP contribution in [0, 0.1) is 5.82 Å². The molecule has 0 amide bonds. The SMILES string of the molecule is Nc1cnc(-c2ccc(-c3ccc(C(F)(F)F)nc3S(=O)(=O)C3CCOCC3)cc2F)cn1. The zero-order valence-corrected chi connectivity index (χ0v) is 17.8. The normalized spacial score (nSPS) is 15.5. The molecule has 3 aromatic rings. The minimum atomic E-state index is -4.85. The maximum atomic E-state index is 14.9. The smallest absolute Gasteiger partial charge is 0.382 e. The number of benzene rings is 1. The van der Waals surface area contributed by atoms with Gasteiger partial charge < -0.3 is 10.5 Å². The molecular weight excluding hydrogens is 464 g/mol. The minimum Gasteiger partial charge on any atom is -0.382 e. The number of sulfone groups is 1. The van der Waals surface area contributed by atoms with Gasteiger partial charge in [-0.2, -0.15) is 13.2 Å². The van der Waals surface area contributed by atoms with Crippen molar-refractivity contribution in [2.75, 3.05) is 18.9 Å². The number of hydrogen-bond acceptors (Lipinski definition) is 7. The van der Waals surface area contributed by atoms with E-state index >= 15 is 0 Å². The molecule has 0 bridgehead atoms. The maximum absolute atomic E-state index is 14.9. The van der Waals surface area contributed by atoms with Crippen LogP contribution < -0.4 is 5.73 Å². The Kier molecular flexibility index (Phi) is 6.06. The molecule has 0 atom stereocenters. The molecular formula is C21H18F4N4O3S. The number of anilines is 1. The molecule has 174 valence electrons. The molecule has 1 aliphatic rings. The lowest BCUT2D eigenvalue weighted by Crippen LogP contribution is -2.30. The van der Waals surface area contributed by atoms with E-state index in [1.165, 1.54) is 24.5 Å². The van der Waals surface area contributed by atoms with Gasteiger partial charge in [0.2, 0.25) is 0 Å². The van der Waals surface area contributed by atoms with E-state index in [0.29, 0.717) is 6.07 Å². The standard InChI is InChI=1S/C21H18F4N4O3S/c22-16-9-12(1-2-15(16)17-10-28-19(26)11-27-17)14-3-4-18(21(23,24)25)29-20(14)33(30,31)13-5-7-32-8-6-13/h1-4,9-11,13H,5-8H2,(H2,26,28). The third-order valence-electron chi connectivity index (χ3n) is 5.26. The van der Waals surface area contributed by atoms with Crippen LogP contribution in [-0.2, 0) is 20.8 Å². The highest BCUT2D eigenvalue weighted by molar-refractivity contribution is 7.92. The fourth-order valence-corrected chi connectivity index (χ4v) is 5.39. The van der Waals surface area contributed by atoms with Gasteiger partial charge in [0.25, 0.3) is 0 Å². The second-order valence-electron chi connectivity index (χ2n) is 7.42. The van der Waals surface area contributed by atoms with E-state index < -0.39 is 37.8 Å². The highest BCUT2D eigenvalue weighted by Crippen LogP contribution is 2.36. The Morgan fingerprint density at radius 1 is 1.00 bits per heavy atom. The Morgan fingerprint density at radius 3 is 2.30 bits per heavy atom. The van der Waals surface area contributed by atoms with Crippen LogP contribution in [0.5, 0.6) is 0 Å². The van der Waals surface area contributed by atoms with E-state index in [1.807, 2.05) is 0 Å². The molecule has 3 heterocycles. The van der Waals surface area contributed by atoms with Gasteiger partial charge in [-0.05, 0) is 42.7 Å². The summed E-state index contributed by atoms with van der Waals surface area (Å²) in [6, 6.07) is 5.44. The quantitative estimate of drug-likeness (QED) is 0.562. The van der Waals surface area contributed by atoms with E-state index in [-0.39, 0.29) is 54.3 Å². The Labute approximate surface area is 186 Å². The largest absolute Gasteiger partial charge is 0.433 e. The Balaban J connectivity index is 1.83. The Hall–Kier alpha value is -3.12. The molecule has 4 rings (SSSR count). The van der Waals surface area contributed by atoms with Crippen LogP contribution in [-0.4, -0.2) is 41.8 Å². The van der Waals surface area contributed by atoms with Crippen LogP contribution in [0.1, 0.15) is 18.5 Å². The third-order valence-corrected chi connectivity index (χ3v) is 7.45. The molecule has 1 aliphatic heterocycles. The second-order valence-corrected chi connectivity index (χ2v) is 9.57. The fraction of sp³-hybridized carbons (Fsp3) is 0.286. The van der Waals surface area contributed by atoms with Crippen LogP contribution in [0.15, 0.2) is 47.8 Å². The van der Waals surface area contributed by atoms with Gasteiger partial charge in [-0.3, -0.25) is 4.98 Å². The van der Waals surface area contributed by atoms with Gasteiger partial charge in [-0.25, -0.2) is 22.8 Å². The number of nitrogens with zero attached hydrogens (tertiary/aromatic N) is 3. The van der Waals surface area contributed by atoms with Crippen molar-refractivity contribution in [2.24, 2.45) is 0 Å². The number of alkyl halides is 3. The van der Waals surface area contributed by atoms with Crippen molar-refractivity contribution < 1.29 is 30.7 Å². The molecule has 33 heavy (non-hydrogen) atoms. The number of hydrogen-bond donors (Lipinski definition) is 1. The van der Waals surface area contributed by atoms with Crippen molar-refractivity contribution in [1.29, 1.82) is 0 Å². The average Bonchev–Trinajstić information content (AvgIpc) is 2.79. The Morgan fingerprint density at radius 2 is 1.70 bits per heavy atom. The van der Waals surface area contributed by atoms with E-state index in [0.717, 1.165) is 12.1 Å². The molecule has 1 fully saturated rings. The van der Waals surface area contributed by atoms with E-state index in [9.17, 15) is 26.0 Å². The van der Waals surface area contributed by atoms with E-state index in [1.54, 1.807) is 0 Å². The molecule has 12 heteroatoms. The molecule has 1 aromatic carbocycles. The first-order valence-corrected chi connectivity index (χ1v) is 11.4.